The number of benzene rings is 2. The van der Waals surface area contributed by atoms with Gasteiger partial charge in [0.05, 0.1) is 10.9 Å². The average Bonchev–Trinajstić information content (AvgIpc) is 2.49. The first-order chi connectivity index (χ1) is 10.9. The number of hydrogen-bond donors (Lipinski definition) is 0. The highest BCUT2D eigenvalue weighted by Crippen LogP contribution is 2.25. The fourth-order valence-electron chi connectivity index (χ4n) is 2.36. The first-order valence-corrected chi connectivity index (χ1v) is 7.15. The Bertz CT molecular complexity index is 972. The molecule has 0 aliphatic rings. The number of rotatable bonds is 2. The van der Waals surface area contributed by atoms with Gasteiger partial charge in [0.25, 0.3) is 0 Å². The molecular formula is C18H15NO4. The maximum Gasteiger partial charge on any atom is 0.347 e. The second-order valence-corrected chi connectivity index (χ2v) is 5.40. The lowest BCUT2D eigenvalue weighted by Gasteiger charge is -2.07. The van der Waals surface area contributed by atoms with Gasteiger partial charge in [0, 0.05) is 12.5 Å². The van der Waals surface area contributed by atoms with Crippen LogP contribution in [-0.2, 0) is 4.79 Å². The largest absolute Gasteiger partial charge is 0.426 e. The molecule has 0 atom stereocenters. The molecule has 0 fully saturated rings. The summed E-state index contributed by atoms with van der Waals surface area (Å²) in [6.07, 6.45) is 0. The van der Waals surface area contributed by atoms with Gasteiger partial charge >= 0.3 is 11.6 Å². The highest BCUT2D eigenvalue weighted by Gasteiger charge is 2.11. The van der Waals surface area contributed by atoms with Gasteiger partial charge in [-0.3, -0.25) is 4.79 Å². The van der Waals surface area contributed by atoms with Crippen molar-refractivity contribution >= 4 is 16.9 Å². The monoisotopic (exact) mass is 309 g/mol. The van der Waals surface area contributed by atoms with Gasteiger partial charge in [-0.2, -0.15) is 0 Å². The summed E-state index contributed by atoms with van der Waals surface area (Å²) in [7, 11) is 0. The molecule has 0 amide bonds. The van der Waals surface area contributed by atoms with Gasteiger partial charge in [-0.15, -0.1) is 0 Å². The number of aromatic nitrogens is 1. The molecule has 0 N–H and O–H groups in total. The highest BCUT2D eigenvalue weighted by atomic mass is 16.5. The first kappa shape index (κ1) is 15.0. The van der Waals surface area contributed by atoms with E-state index in [1.54, 1.807) is 30.3 Å². The van der Waals surface area contributed by atoms with Crippen LogP contribution in [0, 0.1) is 13.8 Å². The van der Waals surface area contributed by atoms with Crippen molar-refractivity contribution in [2.75, 3.05) is 0 Å². The van der Waals surface area contributed by atoms with Gasteiger partial charge < -0.3 is 9.15 Å². The van der Waals surface area contributed by atoms with Crippen molar-refractivity contribution in [2.24, 2.45) is 0 Å². The van der Waals surface area contributed by atoms with E-state index in [1.165, 1.54) is 6.92 Å². The van der Waals surface area contributed by atoms with Crippen molar-refractivity contribution in [3.05, 3.63) is 57.9 Å². The van der Waals surface area contributed by atoms with E-state index in [4.69, 9.17) is 9.15 Å². The topological polar surface area (TPSA) is 69.4 Å². The van der Waals surface area contributed by atoms with Gasteiger partial charge in [0.1, 0.15) is 5.75 Å². The Balaban J connectivity index is 2.10. The Morgan fingerprint density at radius 1 is 1.13 bits per heavy atom. The zero-order valence-corrected chi connectivity index (χ0v) is 13.0. The summed E-state index contributed by atoms with van der Waals surface area (Å²) in [5.41, 5.74) is 2.55. The van der Waals surface area contributed by atoms with E-state index in [0.29, 0.717) is 22.2 Å². The van der Waals surface area contributed by atoms with Crippen LogP contribution in [0.5, 0.6) is 5.75 Å². The van der Waals surface area contributed by atoms with Crippen molar-refractivity contribution in [1.29, 1.82) is 0 Å². The third-order valence-electron chi connectivity index (χ3n) is 3.46. The predicted molar refractivity (Wildman–Crippen MR) is 86.5 cm³/mol. The fourth-order valence-corrected chi connectivity index (χ4v) is 2.36. The Hall–Kier alpha value is -2.95. The van der Waals surface area contributed by atoms with E-state index >= 15 is 0 Å². The van der Waals surface area contributed by atoms with Crippen molar-refractivity contribution in [1.82, 2.24) is 4.98 Å². The summed E-state index contributed by atoms with van der Waals surface area (Å²) >= 11 is 0. The number of carbonyl (C=O) groups excluding carboxylic acids is 1. The first-order valence-electron chi connectivity index (χ1n) is 7.15. The Morgan fingerprint density at radius 2 is 1.91 bits per heavy atom. The summed E-state index contributed by atoms with van der Waals surface area (Å²) in [6, 6.07) is 10.6. The molecule has 1 heterocycles. The van der Waals surface area contributed by atoms with Crippen LogP contribution >= 0.6 is 0 Å². The lowest BCUT2D eigenvalue weighted by atomic mass is 10.1. The van der Waals surface area contributed by atoms with Crippen LogP contribution in [0.2, 0.25) is 0 Å². The Labute approximate surface area is 132 Å². The maximum absolute atomic E-state index is 12.1. The second kappa shape index (κ2) is 5.68. The van der Waals surface area contributed by atoms with Gasteiger partial charge in [0.15, 0.2) is 0 Å². The van der Waals surface area contributed by atoms with Crippen LogP contribution < -0.4 is 10.4 Å². The van der Waals surface area contributed by atoms with Gasteiger partial charge in [-0.1, -0.05) is 11.6 Å². The molecule has 1 aromatic heterocycles. The van der Waals surface area contributed by atoms with E-state index in [-0.39, 0.29) is 11.9 Å². The quantitative estimate of drug-likeness (QED) is 0.536. The van der Waals surface area contributed by atoms with E-state index in [9.17, 15) is 9.59 Å². The highest BCUT2D eigenvalue weighted by molar-refractivity contribution is 5.79. The van der Waals surface area contributed by atoms with E-state index in [1.807, 2.05) is 19.9 Å². The molecule has 5 nitrogen and oxygen atoms in total. The molecule has 23 heavy (non-hydrogen) atoms. The molecule has 0 radical (unpaired) electrons. The summed E-state index contributed by atoms with van der Waals surface area (Å²) in [5, 5.41) is 0.460. The normalized spacial score (nSPS) is 10.7. The molecule has 0 bridgehead atoms. The molecule has 0 spiro atoms. The molecule has 0 aliphatic heterocycles. The lowest BCUT2D eigenvalue weighted by molar-refractivity contribution is -0.131. The average molecular weight is 309 g/mol. The summed E-state index contributed by atoms with van der Waals surface area (Å²) in [4.78, 5) is 27.6. The second-order valence-electron chi connectivity index (χ2n) is 5.40. The number of nitrogens with zero attached hydrogens (tertiary/aromatic N) is 1. The number of carbonyl (C=O) groups is 1. The molecule has 0 saturated carbocycles. The number of esters is 1. The third kappa shape index (κ3) is 2.99. The standard InChI is InChI=1S/C18H15NO4/c1-10-4-6-15-14(8-10)18(21)23-17(19-15)13-5-7-16(11(2)9-13)22-12(3)20/h4-9H,1-3H3. The van der Waals surface area contributed by atoms with Gasteiger partial charge in [-0.05, 0) is 49.7 Å². The maximum atomic E-state index is 12.1. The van der Waals surface area contributed by atoms with Gasteiger partial charge in [-0.25, -0.2) is 9.78 Å². The molecule has 116 valence electrons. The molecular weight excluding hydrogens is 294 g/mol. The number of fused-ring (bicyclic) bond motifs is 1. The third-order valence-corrected chi connectivity index (χ3v) is 3.46. The van der Waals surface area contributed by atoms with Crippen molar-refractivity contribution in [2.45, 2.75) is 20.8 Å². The zero-order chi connectivity index (χ0) is 16.6. The molecule has 3 rings (SSSR count). The molecule has 0 saturated heterocycles. The minimum absolute atomic E-state index is 0.240. The summed E-state index contributed by atoms with van der Waals surface area (Å²) in [5.74, 6) is 0.329. The fraction of sp³-hybridized carbons (Fsp3) is 0.167. The van der Waals surface area contributed by atoms with Crippen LogP contribution in [0.25, 0.3) is 22.4 Å². The van der Waals surface area contributed by atoms with Gasteiger partial charge in [0.2, 0.25) is 5.89 Å². The SMILES string of the molecule is CC(=O)Oc1ccc(-c2nc3ccc(C)cc3c(=O)o2)cc1C. The molecule has 5 heteroatoms. The van der Waals surface area contributed by atoms with Crippen LogP contribution in [0.1, 0.15) is 18.1 Å². The Kier molecular flexibility index (Phi) is 3.70. The number of aryl methyl sites for hydroxylation is 2. The Morgan fingerprint density at radius 3 is 2.61 bits per heavy atom. The minimum atomic E-state index is -0.421. The number of ether oxygens (including phenoxy) is 1. The number of hydrogen-bond acceptors (Lipinski definition) is 5. The summed E-state index contributed by atoms with van der Waals surface area (Å²) < 4.78 is 10.4. The van der Waals surface area contributed by atoms with E-state index < -0.39 is 5.63 Å². The van der Waals surface area contributed by atoms with E-state index in [0.717, 1.165) is 11.1 Å². The van der Waals surface area contributed by atoms with Crippen LogP contribution in [0.15, 0.2) is 45.6 Å². The van der Waals surface area contributed by atoms with Crippen LogP contribution in [0.3, 0.4) is 0 Å². The van der Waals surface area contributed by atoms with Crippen molar-refractivity contribution < 1.29 is 13.9 Å². The molecule has 3 aromatic rings. The van der Waals surface area contributed by atoms with Crippen LogP contribution in [0.4, 0.5) is 0 Å². The van der Waals surface area contributed by atoms with Crippen molar-refractivity contribution in [3.8, 4) is 17.2 Å². The molecule has 0 aliphatic carbocycles. The lowest BCUT2D eigenvalue weighted by Crippen LogP contribution is -2.04. The van der Waals surface area contributed by atoms with Crippen molar-refractivity contribution in [3.63, 3.8) is 0 Å². The summed E-state index contributed by atoms with van der Waals surface area (Å²) in [6.45, 7) is 5.06. The van der Waals surface area contributed by atoms with E-state index in [2.05, 4.69) is 4.98 Å². The minimum Gasteiger partial charge on any atom is -0.426 e. The molecule has 2 aromatic carbocycles. The zero-order valence-electron chi connectivity index (χ0n) is 13.0. The molecule has 0 unspecified atom stereocenters. The smallest absolute Gasteiger partial charge is 0.347 e. The predicted octanol–water partition coefficient (Wildman–Crippen LogP) is 3.40. The van der Waals surface area contributed by atoms with Crippen LogP contribution in [-0.4, -0.2) is 11.0 Å².